The van der Waals surface area contributed by atoms with E-state index in [1.165, 1.54) is 7.11 Å². The van der Waals surface area contributed by atoms with Gasteiger partial charge in [-0.25, -0.2) is 0 Å². The molecule has 2 aromatic rings. The third-order valence-corrected chi connectivity index (χ3v) is 3.84. The zero-order valence-electron chi connectivity index (χ0n) is 15.2. The summed E-state index contributed by atoms with van der Waals surface area (Å²) in [7, 11) is 3.14. The summed E-state index contributed by atoms with van der Waals surface area (Å²) >= 11 is 0. The topological polar surface area (TPSA) is 60.3 Å². The molecule has 0 radical (unpaired) electrons. The number of oxime groups is 1. The quantitative estimate of drug-likeness (QED) is 0.590. The largest absolute Gasteiger partial charge is 0.497 e. The molecule has 1 atom stereocenters. The van der Waals surface area contributed by atoms with E-state index in [1.807, 2.05) is 50.2 Å². The number of aliphatic hydroxyl groups excluding tert-OH is 1. The number of aliphatic hydroxyl groups is 1. The van der Waals surface area contributed by atoms with Gasteiger partial charge in [0.25, 0.3) is 0 Å². The fourth-order valence-corrected chi connectivity index (χ4v) is 2.61. The highest BCUT2D eigenvalue weighted by Gasteiger charge is 2.13. The smallest absolute Gasteiger partial charge is 0.119 e. The van der Waals surface area contributed by atoms with E-state index in [9.17, 15) is 5.11 Å². The fraction of sp³-hybridized carbons (Fsp3) is 0.350. The van der Waals surface area contributed by atoms with Crippen LogP contribution in [0.15, 0.2) is 47.6 Å². The van der Waals surface area contributed by atoms with Gasteiger partial charge in [-0.05, 0) is 43.7 Å². The van der Waals surface area contributed by atoms with Crippen LogP contribution in [0.25, 0.3) is 0 Å². The van der Waals surface area contributed by atoms with Crippen LogP contribution in [0.2, 0.25) is 0 Å². The van der Waals surface area contributed by atoms with Crippen LogP contribution >= 0.6 is 0 Å². The average molecular weight is 343 g/mol. The van der Waals surface area contributed by atoms with Gasteiger partial charge in [0.05, 0.1) is 18.9 Å². The highest BCUT2D eigenvalue weighted by atomic mass is 16.6. The van der Waals surface area contributed by atoms with Crippen molar-refractivity contribution in [2.45, 2.75) is 26.4 Å². The highest BCUT2D eigenvalue weighted by molar-refractivity contribution is 5.99. The Morgan fingerprint density at radius 3 is 2.40 bits per heavy atom. The second kappa shape index (κ2) is 9.08. The van der Waals surface area contributed by atoms with Crippen molar-refractivity contribution in [1.82, 2.24) is 0 Å². The van der Waals surface area contributed by atoms with E-state index in [4.69, 9.17) is 14.3 Å². The molecule has 0 fully saturated rings. The van der Waals surface area contributed by atoms with Crippen LogP contribution in [0.1, 0.15) is 23.6 Å². The Kier molecular flexibility index (Phi) is 6.83. The van der Waals surface area contributed by atoms with Gasteiger partial charge >= 0.3 is 0 Å². The van der Waals surface area contributed by atoms with Crippen LogP contribution in [0, 0.1) is 6.92 Å². The molecule has 5 heteroatoms. The predicted molar refractivity (Wildman–Crippen MR) is 98.6 cm³/mol. The van der Waals surface area contributed by atoms with Crippen LogP contribution in [0.4, 0.5) is 0 Å². The van der Waals surface area contributed by atoms with Crippen molar-refractivity contribution in [3.63, 3.8) is 0 Å². The van der Waals surface area contributed by atoms with Crippen molar-refractivity contribution in [3.05, 3.63) is 59.2 Å². The molecule has 0 aliphatic heterocycles. The molecule has 25 heavy (non-hydrogen) atoms. The lowest BCUT2D eigenvalue weighted by Crippen LogP contribution is -2.21. The number of aryl methyl sites for hydroxylation is 1. The molecular weight excluding hydrogens is 318 g/mol. The van der Waals surface area contributed by atoms with Gasteiger partial charge in [0.1, 0.15) is 25.2 Å². The first-order valence-electron chi connectivity index (χ1n) is 8.16. The third kappa shape index (κ3) is 5.50. The van der Waals surface area contributed by atoms with Crippen molar-refractivity contribution in [2.24, 2.45) is 5.16 Å². The van der Waals surface area contributed by atoms with Gasteiger partial charge in [-0.3, -0.25) is 0 Å². The minimum absolute atomic E-state index is 0.209. The van der Waals surface area contributed by atoms with Gasteiger partial charge in [-0.1, -0.05) is 28.9 Å². The average Bonchev–Trinajstić information content (AvgIpc) is 2.60. The number of ether oxygens (including phenoxy) is 2. The van der Waals surface area contributed by atoms with Crippen molar-refractivity contribution in [3.8, 4) is 11.5 Å². The van der Waals surface area contributed by atoms with Gasteiger partial charge < -0.3 is 19.4 Å². The van der Waals surface area contributed by atoms with Crippen LogP contribution in [0.3, 0.4) is 0 Å². The zero-order chi connectivity index (χ0) is 18.2. The Balaban J connectivity index is 2.02. The maximum absolute atomic E-state index is 10.4. The SMILES string of the molecule is CO/N=C(\C)c1ccc(C)cc1CC(O)COc1ccc(OC)cc1. The first-order chi connectivity index (χ1) is 12.0. The molecule has 2 rings (SSSR count). The van der Waals surface area contributed by atoms with Crippen LogP contribution in [-0.4, -0.2) is 37.7 Å². The summed E-state index contributed by atoms with van der Waals surface area (Å²) in [5.74, 6) is 1.46. The Hall–Kier alpha value is -2.53. The molecule has 134 valence electrons. The molecule has 2 aromatic carbocycles. The van der Waals surface area contributed by atoms with E-state index >= 15 is 0 Å². The number of benzene rings is 2. The summed E-state index contributed by atoms with van der Waals surface area (Å²) in [4.78, 5) is 4.86. The summed E-state index contributed by atoms with van der Waals surface area (Å²) in [6.45, 7) is 4.12. The Morgan fingerprint density at radius 2 is 1.76 bits per heavy atom. The van der Waals surface area contributed by atoms with Crippen molar-refractivity contribution in [1.29, 1.82) is 0 Å². The number of hydrogen-bond acceptors (Lipinski definition) is 5. The van der Waals surface area contributed by atoms with Gasteiger partial charge in [0, 0.05) is 12.0 Å². The fourth-order valence-electron chi connectivity index (χ4n) is 2.61. The number of hydrogen-bond donors (Lipinski definition) is 1. The Labute approximate surface area is 148 Å². The second-order valence-corrected chi connectivity index (χ2v) is 5.86. The summed E-state index contributed by atoms with van der Waals surface area (Å²) < 4.78 is 10.8. The molecule has 5 nitrogen and oxygen atoms in total. The second-order valence-electron chi connectivity index (χ2n) is 5.86. The van der Waals surface area contributed by atoms with Crippen LogP contribution < -0.4 is 9.47 Å². The maximum Gasteiger partial charge on any atom is 0.119 e. The molecular formula is C20H25NO4. The first-order valence-corrected chi connectivity index (χ1v) is 8.16. The molecule has 0 aliphatic carbocycles. The van der Waals surface area contributed by atoms with Gasteiger partial charge in [0.2, 0.25) is 0 Å². The highest BCUT2D eigenvalue weighted by Crippen LogP contribution is 2.19. The standard InChI is InChI=1S/C20H25NO4/c1-14-5-10-20(15(2)21-24-4)16(11-14)12-17(22)13-25-19-8-6-18(23-3)7-9-19/h5-11,17,22H,12-13H2,1-4H3/b21-15+. The molecule has 0 aromatic heterocycles. The lowest BCUT2D eigenvalue weighted by molar-refractivity contribution is 0.107. The van der Waals surface area contributed by atoms with E-state index in [0.717, 1.165) is 28.2 Å². The molecule has 0 heterocycles. The molecule has 0 aliphatic rings. The minimum atomic E-state index is -0.627. The number of rotatable bonds is 8. The first kappa shape index (κ1) is 18.8. The van der Waals surface area contributed by atoms with Gasteiger partial charge in [-0.15, -0.1) is 0 Å². The maximum atomic E-state index is 10.4. The van der Waals surface area contributed by atoms with Gasteiger partial charge in [-0.2, -0.15) is 0 Å². The lowest BCUT2D eigenvalue weighted by atomic mass is 9.97. The van der Waals surface area contributed by atoms with Crippen molar-refractivity contribution < 1.29 is 19.4 Å². The normalized spacial score (nSPS) is 12.6. The lowest BCUT2D eigenvalue weighted by Gasteiger charge is -2.16. The van der Waals surface area contributed by atoms with E-state index in [-0.39, 0.29) is 6.61 Å². The van der Waals surface area contributed by atoms with E-state index in [1.54, 1.807) is 7.11 Å². The molecule has 1 N–H and O–H groups in total. The molecule has 0 saturated heterocycles. The summed E-state index contributed by atoms with van der Waals surface area (Å²) in [6, 6.07) is 13.4. The van der Waals surface area contributed by atoms with Crippen molar-refractivity contribution >= 4 is 5.71 Å². The Bertz CT molecular complexity index is 710. The van der Waals surface area contributed by atoms with E-state index in [2.05, 4.69) is 11.2 Å². The summed E-state index contributed by atoms with van der Waals surface area (Å²) in [5, 5.41) is 14.4. The molecule has 1 unspecified atom stereocenters. The molecule has 0 amide bonds. The number of nitrogens with zero attached hydrogens (tertiary/aromatic N) is 1. The molecule has 0 bridgehead atoms. The summed E-state index contributed by atoms with van der Waals surface area (Å²) in [6.07, 6.45) is -0.151. The molecule has 0 saturated carbocycles. The van der Waals surface area contributed by atoms with E-state index in [0.29, 0.717) is 12.2 Å². The van der Waals surface area contributed by atoms with Crippen molar-refractivity contribution in [2.75, 3.05) is 20.8 Å². The minimum Gasteiger partial charge on any atom is -0.497 e. The molecule has 0 spiro atoms. The third-order valence-electron chi connectivity index (χ3n) is 3.84. The van der Waals surface area contributed by atoms with E-state index < -0.39 is 6.10 Å². The van der Waals surface area contributed by atoms with Crippen LogP contribution in [-0.2, 0) is 11.3 Å². The van der Waals surface area contributed by atoms with Crippen LogP contribution in [0.5, 0.6) is 11.5 Å². The summed E-state index contributed by atoms with van der Waals surface area (Å²) in [5.41, 5.74) is 3.90. The predicted octanol–water partition coefficient (Wildman–Crippen LogP) is 3.36. The Morgan fingerprint density at radius 1 is 1.08 bits per heavy atom. The monoisotopic (exact) mass is 343 g/mol. The van der Waals surface area contributed by atoms with Gasteiger partial charge in [0.15, 0.2) is 0 Å². The zero-order valence-corrected chi connectivity index (χ0v) is 15.2. The number of methoxy groups -OCH3 is 1.